The minimum absolute atomic E-state index is 0.0702. The first-order valence-corrected chi connectivity index (χ1v) is 9.31. The van der Waals surface area contributed by atoms with Crippen molar-refractivity contribution in [3.8, 4) is 5.69 Å². The molecule has 1 aliphatic heterocycles. The molecule has 27 heavy (non-hydrogen) atoms. The van der Waals surface area contributed by atoms with Crippen LogP contribution in [0.5, 0.6) is 0 Å². The van der Waals surface area contributed by atoms with Gasteiger partial charge in [-0.05, 0) is 48.0 Å². The molecule has 1 fully saturated rings. The molecule has 2 aromatic carbocycles. The summed E-state index contributed by atoms with van der Waals surface area (Å²) in [4.78, 5) is 4.49. The zero-order valence-electron chi connectivity index (χ0n) is 15.4. The summed E-state index contributed by atoms with van der Waals surface area (Å²) >= 11 is 0. The first kappa shape index (κ1) is 17.6. The number of benzene rings is 2. The number of tetrazole rings is 1. The van der Waals surface area contributed by atoms with Crippen LogP contribution in [0.2, 0.25) is 0 Å². The summed E-state index contributed by atoms with van der Waals surface area (Å²) in [5.74, 6) is 0.660. The van der Waals surface area contributed by atoms with Gasteiger partial charge >= 0.3 is 0 Å². The van der Waals surface area contributed by atoms with E-state index in [9.17, 15) is 4.39 Å². The molecule has 6 nitrogen and oxygen atoms in total. The Balaban J connectivity index is 1.50. The Kier molecular flexibility index (Phi) is 5.11. The lowest BCUT2D eigenvalue weighted by molar-refractivity contribution is 0.215. The molecule has 4 rings (SSSR count). The van der Waals surface area contributed by atoms with E-state index >= 15 is 0 Å². The highest BCUT2D eigenvalue weighted by Gasteiger charge is 2.25. The van der Waals surface area contributed by atoms with Crippen LogP contribution in [0.3, 0.4) is 0 Å². The number of rotatable bonds is 4. The van der Waals surface area contributed by atoms with Crippen LogP contribution in [-0.2, 0) is 0 Å². The lowest BCUT2D eigenvalue weighted by Crippen LogP contribution is -2.34. The maximum atomic E-state index is 14.1. The summed E-state index contributed by atoms with van der Waals surface area (Å²) in [5.41, 5.74) is 1.63. The van der Waals surface area contributed by atoms with E-state index in [4.69, 9.17) is 0 Å². The van der Waals surface area contributed by atoms with E-state index in [1.807, 2.05) is 42.5 Å². The zero-order valence-corrected chi connectivity index (χ0v) is 15.4. The van der Waals surface area contributed by atoms with E-state index in [-0.39, 0.29) is 11.9 Å². The summed E-state index contributed by atoms with van der Waals surface area (Å²) in [7, 11) is 0. The van der Waals surface area contributed by atoms with Crippen LogP contribution < -0.4 is 4.90 Å². The van der Waals surface area contributed by atoms with Gasteiger partial charge in [0.1, 0.15) is 5.82 Å². The highest BCUT2D eigenvalue weighted by molar-refractivity contribution is 5.47. The third-order valence-electron chi connectivity index (χ3n) is 5.14. The maximum Gasteiger partial charge on any atom is 0.173 e. The van der Waals surface area contributed by atoms with E-state index < -0.39 is 0 Å². The highest BCUT2D eigenvalue weighted by Crippen LogP contribution is 2.24. The van der Waals surface area contributed by atoms with Crippen molar-refractivity contribution in [1.82, 2.24) is 25.1 Å². The van der Waals surface area contributed by atoms with E-state index in [1.165, 1.54) is 6.07 Å². The van der Waals surface area contributed by atoms with Crippen LogP contribution in [0.4, 0.5) is 10.1 Å². The molecule has 1 atom stereocenters. The predicted molar refractivity (Wildman–Crippen MR) is 102 cm³/mol. The maximum absolute atomic E-state index is 14.1. The van der Waals surface area contributed by atoms with Crippen molar-refractivity contribution in [2.45, 2.75) is 19.4 Å². The van der Waals surface area contributed by atoms with Crippen LogP contribution in [-0.4, -0.2) is 51.3 Å². The molecule has 1 saturated heterocycles. The summed E-state index contributed by atoms with van der Waals surface area (Å²) in [6.45, 7) is 5.50. The molecule has 0 bridgehead atoms. The minimum atomic E-state index is -0.160. The van der Waals surface area contributed by atoms with Gasteiger partial charge in [0.2, 0.25) is 0 Å². The summed E-state index contributed by atoms with van der Waals surface area (Å²) in [5, 5.41) is 12.3. The Morgan fingerprint density at radius 2 is 1.70 bits per heavy atom. The molecule has 7 heteroatoms. The van der Waals surface area contributed by atoms with Gasteiger partial charge in [0, 0.05) is 26.2 Å². The summed E-state index contributed by atoms with van der Waals surface area (Å²) in [6.07, 6.45) is 0.964. The Hall–Kier alpha value is -2.80. The van der Waals surface area contributed by atoms with Crippen molar-refractivity contribution in [2.75, 3.05) is 31.1 Å². The molecular weight excluding hydrogens is 343 g/mol. The fourth-order valence-corrected chi connectivity index (χ4v) is 3.64. The molecular formula is C20H23FN6. The van der Waals surface area contributed by atoms with Crippen molar-refractivity contribution in [1.29, 1.82) is 0 Å². The van der Waals surface area contributed by atoms with Gasteiger partial charge in [-0.15, -0.1) is 5.10 Å². The monoisotopic (exact) mass is 366 g/mol. The number of para-hydroxylation sites is 2. The van der Waals surface area contributed by atoms with Crippen molar-refractivity contribution in [3.63, 3.8) is 0 Å². The number of nitrogens with zero attached hydrogens (tertiary/aromatic N) is 6. The fourth-order valence-electron chi connectivity index (χ4n) is 3.64. The largest absolute Gasteiger partial charge is 0.368 e. The molecule has 1 aliphatic rings. The molecule has 140 valence electrons. The number of aromatic nitrogens is 4. The van der Waals surface area contributed by atoms with Crippen LogP contribution in [0.25, 0.3) is 5.69 Å². The average molecular weight is 366 g/mol. The molecule has 0 saturated carbocycles. The molecule has 0 radical (unpaired) electrons. The number of hydrogen-bond acceptors (Lipinski definition) is 5. The van der Waals surface area contributed by atoms with E-state index in [2.05, 4.69) is 32.2 Å². The molecule has 1 unspecified atom stereocenters. The number of hydrogen-bond donors (Lipinski definition) is 0. The van der Waals surface area contributed by atoms with Gasteiger partial charge in [-0.1, -0.05) is 30.3 Å². The molecule has 0 aliphatic carbocycles. The van der Waals surface area contributed by atoms with Crippen LogP contribution in [0, 0.1) is 5.82 Å². The van der Waals surface area contributed by atoms with Gasteiger partial charge in [0.15, 0.2) is 5.82 Å². The Morgan fingerprint density at radius 3 is 2.52 bits per heavy atom. The fraction of sp³-hybridized carbons (Fsp3) is 0.350. The van der Waals surface area contributed by atoms with Crippen molar-refractivity contribution < 1.29 is 4.39 Å². The van der Waals surface area contributed by atoms with Crippen LogP contribution >= 0.6 is 0 Å². The summed E-state index contributed by atoms with van der Waals surface area (Å²) in [6, 6.07) is 17.0. The lowest BCUT2D eigenvalue weighted by atomic mass is 10.2. The third-order valence-corrected chi connectivity index (χ3v) is 5.14. The topological polar surface area (TPSA) is 50.1 Å². The van der Waals surface area contributed by atoms with Gasteiger partial charge in [-0.3, -0.25) is 4.90 Å². The standard InChI is InChI=1S/C20H23FN6/c1-16(20-22-23-24-27(20)17-8-3-2-4-9-17)25-12-7-13-26(15-14-25)19-11-6-5-10-18(19)21/h2-6,8-11,16H,7,12-15H2,1H3. The summed E-state index contributed by atoms with van der Waals surface area (Å²) < 4.78 is 15.9. The predicted octanol–water partition coefficient (Wildman–Crippen LogP) is 3.07. The van der Waals surface area contributed by atoms with Crippen molar-refractivity contribution in [3.05, 3.63) is 66.2 Å². The molecule has 0 N–H and O–H groups in total. The van der Waals surface area contributed by atoms with Gasteiger partial charge in [-0.25, -0.2) is 4.39 Å². The van der Waals surface area contributed by atoms with E-state index in [1.54, 1.807) is 10.7 Å². The lowest BCUT2D eigenvalue weighted by Gasteiger charge is -2.27. The average Bonchev–Trinajstić information content (AvgIpc) is 3.07. The zero-order chi connectivity index (χ0) is 18.6. The second kappa shape index (κ2) is 7.84. The third kappa shape index (κ3) is 3.68. The molecule has 2 heterocycles. The molecule has 0 spiro atoms. The van der Waals surface area contributed by atoms with Gasteiger partial charge in [-0.2, -0.15) is 4.68 Å². The second-order valence-corrected chi connectivity index (χ2v) is 6.79. The van der Waals surface area contributed by atoms with Gasteiger partial charge in [0.25, 0.3) is 0 Å². The van der Waals surface area contributed by atoms with Gasteiger partial charge < -0.3 is 4.90 Å². The highest BCUT2D eigenvalue weighted by atomic mass is 19.1. The minimum Gasteiger partial charge on any atom is -0.368 e. The smallest absolute Gasteiger partial charge is 0.173 e. The molecule has 0 amide bonds. The van der Waals surface area contributed by atoms with Crippen LogP contribution in [0.15, 0.2) is 54.6 Å². The normalized spacial score (nSPS) is 16.9. The quantitative estimate of drug-likeness (QED) is 0.710. The molecule has 3 aromatic rings. The van der Waals surface area contributed by atoms with Gasteiger partial charge in [0.05, 0.1) is 17.4 Å². The van der Waals surface area contributed by atoms with Crippen molar-refractivity contribution >= 4 is 5.69 Å². The number of anilines is 1. The van der Waals surface area contributed by atoms with Crippen LogP contribution in [0.1, 0.15) is 25.2 Å². The SMILES string of the molecule is CC(c1nnnn1-c1ccccc1)N1CCCN(c2ccccc2F)CC1. The first-order valence-electron chi connectivity index (χ1n) is 9.31. The molecule has 1 aromatic heterocycles. The van der Waals surface area contributed by atoms with Crippen molar-refractivity contribution in [2.24, 2.45) is 0 Å². The second-order valence-electron chi connectivity index (χ2n) is 6.79. The first-order chi connectivity index (χ1) is 13.2. The Morgan fingerprint density at radius 1 is 0.926 bits per heavy atom. The number of halogens is 1. The Bertz CT molecular complexity index is 881. The van der Waals surface area contributed by atoms with E-state index in [0.717, 1.165) is 44.1 Å². The van der Waals surface area contributed by atoms with E-state index in [0.29, 0.717) is 5.69 Å². The Labute approximate surface area is 158 Å².